The Morgan fingerprint density at radius 2 is 2.00 bits per heavy atom. The van der Waals surface area contributed by atoms with Gasteiger partial charge in [-0.2, -0.15) is 0 Å². The number of nitrogens with one attached hydrogen (secondary N) is 1. The smallest absolute Gasteiger partial charge is 0.150 e. The van der Waals surface area contributed by atoms with Crippen molar-refractivity contribution in [1.29, 1.82) is 0 Å². The van der Waals surface area contributed by atoms with Gasteiger partial charge in [-0.05, 0) is 38.6 Å². The van der Waals surface area contributed by atoms with Gasteiger partial charge >= 0.3 is 0 Å². The minimum Gasteiger partial charge on any atom is -0.382 e. The fourth-order valence-electron chi connectivity index (χ4n) is 3.01. The van der Waals surface area contributed by atoms with Crippen molar-refractivity contribution in [3.63, 3.8) is 0 Å². The first-order valence-corrected chi connectivity index (χ1v) is 9.37. The molecule has 1 fully saturated rings. The second kappa shape index (κ2) is 8.97. The van der Waals surface area contributed by atoms with E-state index in [2.05, 4.69) is 5.32 Å². The molecule has 1 N–H and O–H groups in total. The van der Waals surface area contributed by atoms with Crippen LogP contribution in [0.3, 0.4) is 0 Å². The predicted molar refractivity (Wildman–Crippen MR) is 80.7 cm³/mol. The fourth-order valence-corrected chi connectivity index (χ4v) is 4.20. The molecule has 0 aromatic carbocycles. The summed E-state index contributed by atoms with van der Waals surface area (Å²) in [5, 5.41) is 3.17. The zero-order valence-corrected chi connectivity index (χ0v) is 13.7. The summed E-state index contributed by atoms with van der Waals surface area (Å²) in [6, 6.07) is 0.335. The van der Waals surface area contributed by atoms with Crippen molar-refractivity contribution in [3.05, 3.63) is 0 Å². The van der Waals surface area contributed by atoms with Crippen LogP contribution in [0, 0.1) is 5.92 Å². The van der Waals surface area contributed by atoms with Crippen LogP contribution in [0.4, 0.5) is 0 Å². The number of ether oxygens (including phenoxy) is 2. The second-order valence-corrected chi connectivity index (χ2v) is 7.99. The zero-order chi connectivity index (χ0) is 15.0. The van der Waals surface area contributed by atoms with Crippen LogP contribution in [0.15, 0.2) is 0 Å². The summed E-state index contributed by atoms with van der Waals surface area (Å²) in [7, 11) is 0.700. The fraction of sp³-hybridized carbons (Fsp3) is 1.00. The summed E-state index contributed by atoms with van der Waals surface area (Å²) in [4.78, 5) is 0. The van der Waals surface area contributed by atoms with Gasteiger partial charge in [-0.25, -0.2) is 8.42 Å². The molecule has 3 atom stereocenters. The molecule has 1 aliphatic carbocycles. The van der Waals surface area contributed by atoms with Crippen LogP contribution < -0.4 is 5.32 Å². The van der Waals surface area contributed by atoms with Crippen molar-refractivity contribution in [2.45, 2.75) is 43.4 Å². The number of hydrogen-bond donors (Lipinski definition) is 1. The van der Waals surface area contributed by atoms with Gasteiger partial charge in [0.2, 0.25) is 0 Å². The molecule has 0 saturated heterocycles. The predicted octanol–water partition coefficient (Wildman–Crippen LogP) is 1.23. The van der Waals surface area contributed by atoms with E-state index in [1.807, 2.05) is 7.05 Å². The van der Waals surface area contributed by atoms with E-state index in [-0.39, 0.29) is 5.25 Å². The highest BCUT2D eigenvalue weighted by Crippen LogP contribution is 2.31. The van der Waals surface area contributed by atoms with E-state index < -0.39 is 9.84 Å². The van der Waals surface area contributed by atoms with Crippen LogP contribution in [-0.2, 0) is 19.3 Å². The highest BCUT2D eigenvalue weighted by molar-refractivity contribution is 7.91. The summed E-state index contributed by atoms with van der Waals surface area (Å²) in [5.41, 5.74) is 0. The zero-order valence-electron chi connectivity index (χ0n) is 12.9. The Balaban J connectivity index is 2.40. The van der Waals surface area contributed by atoms with Crippen LogP contribution in [0.1, 0.15) is 32.1 Å². The van der Waals surface area contributed by atoms with Gasteiger partial charge < -0.3 is 14.8 Å². The molecule has 3 unspecified atom stereocenters. The molecular weight excluding hydrogens is 278 g/mol. The van der Waals surface area contributed by atoms with Gasteiger partial charge in [0, 0.05) is 26.0 Å². The molecule has 20 heavy (non-hydrogen) atoms. The molecule has 1 rings (SSSR count). The molecule has 0 bridgehead atoms. The Hall–Kier alpha value is -0.170. The Labute approximate surface area is 123 Å². The van der Waals surface area contributed by atoms with Crippen molar-refractivity contribution < 1.29 is 17.9 Å². The van der Waals surface area contributed by atoms with Crippen molar-refractivity contribution in [2.75, 3.05) is 40.2 Å². The quantitative estimate of drug-likeness (QED) is 0.649. The molecule has 0 aliphatic heterocycles. The lowest BCUT2D eigenvalue weighted by molar-refractivity contribution is 0.0619. The normalized spacial score (nSPS) is 25.6. The van der Waals surface area contributed by atoms with E-state index in [1.54, 1.807) is 7.11 Å². The van der Waals surface area contributed by atoms with E-state index in [1.165, 1.54) is 6.26 Å². The minimum atomic E-state index is -2.91. The third-order valence-corrected chi connectivity index (χ3v) is 5.86. The molecule has 6 heteroatoms. The highest BCUT2D eigenvalue weighted by Gasteiger charge is 2.32. The third kappa shape index (κ3) is 6.08. The van der Waals surface area contributed by atoms with Crippen molar-refractivity contribution in [3.8, 4) is 0 Å². The highest BCUT2D eigenvalue weighted by atomic mass is 32.2. The van der Waals surface area contributed by atoms with Gasteiger partial charge in [-0.1, -0.05) is 6.42 Å². The maximum atomic E-state index is 11.7. The maximum Gasteiger partial charge on any atom is 0.150 e. The Kier molecular flexibility index (Phi) is 8.02. The topological polar surface area (TPSA) is 64.6 Å². The van der Waals surface area contributed by atoms with Gasteiger partial charge in [-0.3, -0.25) is 0 Å². The number of hydrogen-bond acceptors (Lipinski definition) is 5. The van der Waals surface area contributed by atoms with Crippen LogP contribution in [-0.4, -0.2) is 59.9 Å². The van der Waals surface area contributed by atoms with Gasteiger partial charge in [0.15, 0.2) is 0 Å². The first-order valence-electron chi connectivity index (χ1n) is 7.41. The number of methoxy groups -OCH3 is 1. The van der Waals surface area contributed by atoms with Crippen LogP contribution in [0.25, 0.3) is 0 Å². The van der Waals surface area contributed by atoms with Gasteiger partial charge in [0.05, 0.1) is 18.5 Å². The van der Waals surface area contributed by atoms with Crippen LogP contribution >= 0.6 is 0 Å². The molecule has 0 heterocycles. The Bertz CT molecular complexity index is 358. The molecule has 0 aromatic heterocycles. The first-order chi connectivity index (χ1) is 9.49. The lowest BCUT2D eigenvalue weighted by Crippen LogP contribution is -2.40. The molecule has 0 amide bonds. The average Bonchev–Trinajstić information content (AvgIpc) is 2.42. The molecule has 120 valence electrons. The van der Waals surface area contributed by atoms with Crippen LogP contribution in [0.5, 0.6) is 0 Å². The average molecular weight is 307 g/mol. The van der Waals surface area contributed by atoms with Gasteiger partial charge in [0.25, 0.3) is 0 Å². The molecule has 5 nitrogen and oxygen atoms in total. The standard InChI is InChI=1S/C14H29NO4S/c1-15-14(7-8-19-10-9-18-2)12-5-4-6-13(11-12)20(3,16)17/h12-15H,4-11H2,1-3H3. The van der Waals surface area contributed by atoms with E-state index in [4.69, 9.17) is 9.47 Å². The summed E-state index contributed by atoms with van der Waals surface area (Å²) in [6.45, 7) is 1.92. The van der Waals surface area contributed by atoms with Gasteiger partial charge in [-0.15, -0.1) is 0 Å². The summed E-state index contributed by atoms with van der Waals surface area (Å²) < 4.78 is 33.9. The summed E-state index contributed by atoms with van der Waals surface area (Å²) >= 11 is 0. The van der Waals surface area contributed by atoms with E-state index in [0.29, 0.717) is 31.8 Å². The minimum absolute atomic E-state index is 0.161. The van der Waals surface area contributed by atoms with Crippen LogP contribution in [0.2, 0.25) is 0 Å². The molecule has 1 aliphatic rings. The SMILES string of the molecule is CNC(CCOCCOC)C1CCCC(S(C)(=O)=O)C1. The number of sulfone groups is 1. The summed E-state index contributed by atoms with van der Waals surface area (Å²) in [6.07, 6.45) is 5.99. The molecule has 0 spiro atoms. The summed E-state index contributed by atoms with van der Waals surface area (Å²) in [5.74, 6) is 0.430. The second-order valence-electron chi connectivity index (χ2n) is 5.67. The maximum absolute atomic E-state index is 11.7. The van der Waals surface area contributed by atoms with E-state index in [9.17, 15) is 8.42 Å². The number of rotatable bonds is 9. The third-order valence-electron chi connectivity index (χ3n) is 4.22. The van der Waals surface area contributed by atoms with Gasteiger partial charge in [0.1, 0.15) is 9.84 Å². The Morgan fingerprint density at radius 1 is 1.25 bits per heavy atom. The monoisotopic (exact) mass is 307 g/mol. The molecule has 1 saturated carbocycles. The molecule has 0 radical (unpaired) electrons. The largest absolute Gasteiger partial charge is 0.382 e. The lowest BCUT2D eigenvalue weighted by atomic mass is 9.82. The van der Waals surface area contributed by atoms with Crippen molar-refractivity contribution in [1.82, 2.24) is 5.32 Å². The van der Waals surface area contributed by atoms with E-state index in [0.717, 1.165) is 32.1 Å². The van der Waals surface area contributed by atoms with E-state index >= 15 is 0 Å². The van der Waals surface area contributed by atoms with Crippen molar-refractivity contribution in [2.24, 2.45) is 5.92 Å². The van der Waals surface area contributed by atoms with Crippen molar-refractivity contribution >= 4 is 9.84 Å². The Morgan fingerprint density at radius 3 is 2.60 bits per heavy atom. The first kappa shape index (κ1) is 17.9. The molecular formula is C14H29NO4S. The lowest BCUT2D eigenvalue weighted by Gasteiger charge is -2.33. The molecule has 0 aromatic rings.